The summed E-state index contributed by atoms with van der Waals surface area (Å²) in [5.74, 6) is 0.197. The van der Waals surface area contributed by atoms with E-state index in [4.69, 9.17) is 0 Å². The molecule has 0 aliphatic heterocycles. The Morgan fingerprint density at radius 2 is 1.94 bits per heavy atom. The molecular formula is C24H29N2O2PS2. The molecule has 0 fully saturated rings. The summed E-state index contributed by atoms with van der Waals surface area (Å²) in [6.45, 7) is 4.71. The molecule has 3 rings (SSSR count). The molecule has 0 radical (unpaired) electrons. The van der Waals surface area contributed by atoms with Crippen molar-refractivity contribution < 1.29 is 9.69 Å². The first-order valence-electron chi connectivity index (χ1n) is 10.6. The van der Waals surface area contributed by atoms with E-state index < -0.39 is 14.0 Å². The van der Waals surface area contributed by atoms with Crippen molar-refractivity contribution in [2.24, 2.45) is 10.7 Å². The quantitative estimate of drug-likeness (QED) is 0.271. The van der Waals surface area contributed by atoms with Gasteiger partial charge in [-0.05, 0) is 70.1 Å². The maximum absolute atomic E-state index is 12.7. The minimum absolute atomic E-state index is 0.115. The van der Waals surface area contributed by atoms with Crippen LogP contribution in [0.15, 0.2) is 63.3 Å². The van der Waals surface area contributed by atoms with Gasteiger partial charge in [-0.15, -0.1) is 16.1 Å². The smallest absolute Gasteiger partial charge is 0.248 e. The average Bonchev–Trinajstić information content (AvgIpc) is 3.45. The Kier molecular flexibility index (Phi) is 9.41. The molecule has 1 N–H and O–H groups in total. The zero-order valence-corrected chi connectivity index (χ0v) is 20.5. The predicted molar refractivity (Wildman–Crippen MR) is 132 cm³/mol. The number of nitrogens with one attached hydrogen (secondary N) is 1. The van der Waals surface area contributed by atoms with E-state index in [9.17, 15) is 9.69 Å². The third-order valence-corrected chi connectivity index (χ3v) is 7.81. The highest BCUT2D eigenvalue weighted by Crippen LogP contribution is 2.27. The molecule has 0 spiro atoms. The van der Waals surface area contributed by atoms with Gasteiger partial charge in [0.2, 0.25) is 5.91 Å². The lowest BCUT2D eigenvalue weighted by atomic mass is 10.0. The fourth-order valence-electron chi connectivity index (χ4n) is 3.30. The van der Waals surface area contributed by atoms with Crippen molar-refractivity contribution in [2.75, 3.05) is 6.54 Å². The summed E-state index contributed by atoms with van der Waals surface area (Å²) in [6.07, 6.45) is 2.79. The molecule has 0 saturated heterocycles. The first-order chi connectivity index (χ1) is 15.0. The molecule has 2 aromatic heterocycles. The van der Waals surface area contributed by atoms with Crippen molar-refractivity contribution in [3.8, 4) is 11.1 Å². The van der Waals surface area contributed by atoms with Gasteiger partial charge in [-0.25, -0.2) is 0 Å². The molecule has 3 aromatic rings. The van der Waals surface area contributed by atoms with Crippen LogP contribution in [0, 0.1) is 5.92 Å². The van der Waals surface area contributed by atoms with Gasteiger partial charge in [-0.2, -0.15) is 11.3 Å². The van der Waals surface area contributed by atoms with Crippen LogP contribution in [0.3, 0.4) is 0 Å². The van der Waals surface area contributed by atoms with Gasteiger partial charge in [0, 0.05) is 6.54 Å². The largest absolute Gasteiger partial charge is 0.612 e. The van der Waals surface area contributed by atoms with Gasteiger partial charge >= 0.3 is 0 Å². The molecule has 0 aliphatic carbocycles. The van der Waals surface area contributed by atoms with Crippen LogP contribution >= 0.6 is 30.6 Å². The highest BCUT2D eigenvalue weighted by Gasteiger charge is 2.22. The number of carbonyl (C=O) groups is 1. The fourth-order valence-corrected chi connectivity index (χ4v) is 6.05. The van der Waals surface area contributed by atoms with Gasteiger partial charge in [-0.3, -0.25) is 4.79 Å². The number of hydrogen-bond acceptors (Lipinski definition) is 5. The first kappa shape index (κ1) is 23.8. The average molecular weight is 473 g/mol. The number of nitrogens with zero attached hydrogens (tertiary/aromatic N) is 1. The summed E-state index contributed by atoms with van der Waals surface area (Å²) in [7, 11) is -1.78. The molecule has 0 aliphatic rings. The second-order valence-electron chi connectivity index (χ2n) is 7.95. The Labute approximate surface area is 193 Å². The molecule has 1 unspecified atom stereocenters. The molecule has 2 atom stereocenters. The van der Waals surface area contributed by atoms with Crippen molar-refractivity contribution in [2.45, 2.75) is 45.3 Å². The van der Waals surface area contributed by atoms with Crippen molar-refractivity contribution in [3.05, 3.63) is 69.0 Å². The van der Waals surface area contributed by atoms with Gasteiger partial charge in [0.25, 0.3) is 0 Å². The Bertz CT molecular complexity index is 952. The Balaban J connectivity index is 1.47. The summed E-state index contributed by atoms with van der Waals surface area (Å²) < 4.78 is 4.37. The van der Waals surface area contributed by atoms with Gasteiger partial charge in [0.15, 0.2) is 20.1 Å². The predicted octanol–water partition coefficient (Wildman–Crippen LogP) is 6.08. The molecule has 1 amide bonds. The van der Waals surface area contributed by atoms with Crippen LogP contribution in [0.2, 0.25) is 0 Å². The fraction of sp³-hybridized carbons (Fsp3) is 0.375. The van der Waals surface area contributed by atoms with Crippen molar-refractivity contribution in [3.63, 3.8) is 0 Å². The molecule has 0 saturated carbocycles. The number of benzene rings is 1. The number of carbonyl (C=O) groups excluding carboxylic acids is 1. The van der Waals surface area contributed by atoms with Crippen LogP contribution in [0.1, 0.15) is 37.1 Å². The van der Waals surface area contributed by atoms with Crippen molar-refractivity contribution in [1.82, 2.24) is 5.32 Å². The SMILES string of the molecule is CC(C)C[C@H](N=[P+]([O-])Cc1cccs1)C(=O)NCCCc1ccc(-c2ccsc2)cc1. The van der Waals surface area contributed by atoms with Crippen molar-refractivity contribution in [1.29, 1.82) is 0 Å². The summed E-state index contributed by atoms with van der Waals surface area (Å²) in [6, 6.07) is 14.1. The summed E-state index contributed by atoms with van der Waals surface area (Å²) >= 11 is 3.27. The lowest BCUT2D eigenvalue weighted by molar-refractivity contribution is -0.156. The minimum Gasteiger partial charge on any atom is -0.612 e. The lowest BCUT2D eigenvalue weighted by Gasteiger charge is -2.13. The topological polar surface area (TPSA) is 64.5 Å². The standard InChI is InChI=1S/C24H29N2O2PS2/c1-18(2)15-23(26-29(28)16-22-6-4-13-31-22)24(27)25-12-3-5-19-7-9-20(10-8-19)21-11-14-30-17-21/h4,6-11,13-14,17-18,23H,3,5,12,15-16H2,1-2H3,(H,25,27)/t23-/m0/s1. The summed E-state index contributed by atoms with van der Waals surface area (Å²) in [4.78, 5) is 26.2. The number of amides is 1. The number of rotatable bonds is 11. The van der Waals surface area contributed by atoms with E-state index in [1.807, 2.05) is 17.5 Å². The maximum atomic E-state index is 12.7. The summed E-state index contributed by atoms with van der Waals surface area (Å²) in [5, 5.41) is 9.20. The van der Waals surface area contributed by atoms with Crippen LogP contribution < -0.4 is 10.2 Å². The van der Waals surface area contributed by atoms with E-state index >= 15 is 0 Å². The van der Waals surface area contributed by atoms with Gasteiger partial charge in [0.1, 0.15) is 0 Å². The Morgan fingerprint density at radius 3 is 2.58 bits per heavy atom. The highest BCUT2D eigenvalue weighted by atomic mass is 32.1. The van der Waals surface area contributed by atoms with E-state index in [0.29, 0.717) is 25.0 Å². The van der Waals surface area contributed by atoms with Crippen LogP contribution in [-0.2, 0) is 17.4 Å². The van der Waals surface area contributed by atoms with Gasteiger partial charge in [0.05, 0.1) is 4.88 Å². The van der Waals surface area contributed by atoms with Gasteiger partial charge in [-0.1, -0.05) is 44.2 Å². The van der Waals surface area contributed by atoms with Crippen LogP contribution in [0.4, 0.5) is 0 Å². The third-order valence-electron chi connectivity index (χ3n) is 4.89. The second-order valence-corrected chi connectivity index (χ2v) is 11.0. The van der Waals surface area contributed by atoms with E-state index in [-0.39, 0.29) is 5.91 Å². The molecule has 7 heteroatoms. The lowest BCUT2D eigenvalue weighted by Crippen LogP contribution is -2.35. The number of hydrogen-bond donors (Lipinski definition) is 1. The molecule has 4 nitrogen and oxygen atoms in total. The van der Waals surface area contributed by atoms with Crippen LogP contribution in [0.5, 0.6) is 0 Å². The first-order valence-corrected chi connectivity index (χ1v) is 13.8. The van der Waals surface area contributed by atoms with E-state index in [0.717, 1.165) is 17.7 Å². The van der Waals surface area contributed by atoms with Crippen LogP contribution in [0.25, 0.3) is 11.1 Å². The normalized spacial score (nSPS) is 12.8. The third kappa shape index (κ3) is 7.97. The highest BCUT2D eigenvalue weighted by molar-refractivity contribution is 7.39. The monoisotopic (exact) mass is 472 g/mol. The molecular weight excluding hydrogens is 443 g/mol. The Hall–Kier alpha value is -1.85. The maximum Gasteiger partial charge on any atom is 0.248 e. The zero-order chi connectivity index (χ0) is 22.1. The molecule has 2 heterocycles. The van der Waals surface area contributed by atoms with Gasteiger partial charge < -0.3 is 10.2 Å². The summed E-state index contributed by atoms with van der Waals surface area (Å²) in [5.41, 5.74) is 3.74. The number of aryl methyl sites for hydroxylation is 1. The minimum atomic E-state index is -1.78. The molecule has 31 heavy (non-hydrogen) atoms. The molecule has 0 bridgehead atoms. The second kappa shape index (κ2) is 12.3. The molecule has 1 aromatic carbocycles. The van der Waals surface area contributed by atoms with E-state index in [1.54, 1.807) is 22.7 Å². The Morgan fingerprint density at radius 1 is 1.13 bits per heavy atom. The van der Waals surface area contributed by atoms with Crippen molar-refractivity contribution >= 4 is 36.5 Å². The van der Waals surface area contributed by atoms with Crippen LogP contribution in [-0.4, -0.2) is 18.5 Å². The zero-order valence-electron chi connectivity index (χ0n) is 18.0. The number of thiophene rings is 2. The van der Waals surface area contributed by atoms with E-state index in [2.05, 4.69) is 65.0 Å². The molecule has 164 valence electrons. The van der Waals surface area contributed by atoms with E-state index in [1.165, 1.54) is 16.7 Å².